The van der Waals surface area contributed by atoms with Crippen LogP contribution in [0.15, 0.2) is 52.8 Å². The zero-order valence-electron chi connectivity index (χ0n) is 16.1. The van der Waals surface area contributed by atoms with Gasteiger partial charge in [0.2, 0.25) is 11.1 Å². The number of rotatable bonds is 7. The molecule has 0 fully saturated rings. The topological polar surface area (TPSA) is 81.9 Å². The molecule has 0 bridgehead atoms. The molecule has 1 amide bonds. The van der Waals surface area contributed by atoms with Gasteiger partial charge in [-0.3, -0.25) is 9.36 Å². The van der Waals surface area contributed by atoms with E-state index in [0.717, 1.165) is 24.0 Å². The maximum Gasteiger partial charge on any atom is 0.417 e. The molecule has 0 saturated heterocycles. The number of aromatic nitrogens is 4. The Morgan fingerprint density at radius 2 is 2.03 bits per heavy atom. The minimum absolute atomic E-state index is 0.161. The molecular weight excluding hydrogens is 419 g/mol. The van der Waals surface area contributed by atoms with Crippen LogP contribution < -0.4 is 10.1 Å². The zero-order chi connectivity index (χ0) is 21.7. The molecule has 0 aliphatic rings. The standard InChI is InChI=1S/C19H18F3N5O2S/c1-12(28)23-9-8-16-25-26-18(27(16)14-4-3-5-15(10-14)29-2)30-17-7-6-13(11-24-17)19(20,21)22/h3-7,10-11H,8-9H2,1-2H3,(H,23,28). The molecule has 0 spiro atoms. The number of amides is 1. The molecule has 1 N–H and O–H groups in total. The quantitative estimate of drug-likeness (QED) is 0.609. The van der Waals surface area contributed by atoms with E-state index < -0.39 is 11.7 Å². The predicted molar refractivity (Wildman–Crippen MR) is 104 cm³/mol. The van der Waals surface area contributed by atoms with Crippen molar-refractivity contribution in [3.63, 3.8) is 0 Å². The Hall–Kier alpha value is -3.08. The number of alkyl halides is 3. The summed E-state index contributed by atoms with van der Waals surface area (Å²) in [6.45, 7) is 1.78. The number of benzene rings is 1. The van der Waals surface area contributed by atoms with Gasteiger partial charge in [-0.05, 0) is 36.0 Å². The van der Waals surface area contributed by atoms with Crippen molar-refractivity contribution in [3.05, 3.63) is 54.0 Å². The third kappa shape index (κ3) is 5.29. The van der Waals surface area contributed by atoms with E-state index in [1.807, 2.05) is 6.07 Å². The number of halogens is 3. The van der Waals surface area contributed by atoms with Crippen molar-refractivity contribution in [1.29, 1.82) is 0 Å². The highest BCUT2D eigenvalue weighted by molar-refractivity contribution is 7.99. The molecule has 0 aliphatic carbocycles. The van der Waals surface area contributed by atoms with Gasteiger partial charge in [0.05, 0.1) is 18.4 Å². The first-order valence-electron chi connectivity index (χ1n) is 8.82. The van der Waals surface area contributed by atoms with Gasteiger partial charge >= 0.3 is 6.18 Å². The summed E-state index contributed by atoms with van der Waals surface area (Å²) in [6.07, 6.45) is -3.26. The molecule has 1 aromatic carbocycles. The summed E-state index contributed by atoms with van der Waals surface area (Å²) in [6, 6.07) is 9.47. The van der Waals surface area contributed by atoms with E-state index in [1.165, 1.54) is 13.0 Å². The highest BCUT2D eigenvalue weighted by Gasteiger charge is 2.30. The first-order chi connectivity index (χ1) is 14.3. The number of carbonyl (C=O) groups excluding carboxylic acids is 1. The Bertz CT molecular complexity index is 1020. The third-order valence-electron chi connectivity index (χ3n) is 3.99. The summed E-state index contributed by atoms with van der Waals surface area (Å²) in [5, 5.41) is 11.8. The van der Waals surface area contributed by atoms with Crippen molar-refractivity contribution in [1.82, 2.24) is 25.1 Å². The van der Waals surface area contributed by atoms with Gasteiger partial charge in [-0.15, -0.1) is 10.2 Å². The minimum atomic E-state index is -4.45. The van der Waals surface area contributed by atoms with Crippen LogP contribution in [-0.2, 0) is 17.4 Å². The van der Waals surface area contributed by atoms with Crippen LogP contribution in [0.1, 0.15) is 18.3 Å². The Morgan fingerprint density at radius 3 is 2.67 bits per heavy atom. The molecular formula is C19H18F3N5O2S. The van der Waals surface area contributed by atoms with Crippen molar-refractivity contribution in [2.24, 2.45) is 0 Å². The largest absolute Gasteiger partial charge is 0.497 e. The summed E-state index contributed by atoms with van der Waals surface area (Å²) >= 11 is 1.09. The molecule has 2 aromatic heterocycles. The summed E-state index contributed by atoms with van der Waals surface area (Å²) in [5.41, 5.74) is -0.108. The number of carbonyl (C=O) groups is 1. The number of hydrogen-bond donors (Lipinski definition) is 1. The second-order valence-electron chi connectivity index (χ2n) is 6.15. The molecule has 2 heterocycles. The lowest BCUT2D eigenvalue weighted by atomic mass is 10.3. The van der Waals surface area contributed by atoms with Crippen LogP contribution in [0.3, 0.4) is 0 Å². The van der Waals surface area contributed by atoms with Gasteiger partial charge in [0.15, 0.2) is 0 Å². The molecule has 0 unspecified atom stereocenters. The van der Waals surface area contributed by atoms with E-state index in [-0.39, 0.29) is 5.91 Å². The van der Waals surface area contributed by atoms with Crippen LogP contribution in [0, 0.1) is 0 Å². The van der Waals surface area contributed by atoms with E-state index >= 15 is 0 Å². The van der Waals surface area contributed by atoms with Gasteiger partial charge < -0.3 is 10.1 Å². The molecule has 0 aliphatic heterocycles. The van der Waals surface area contributed by atoms with Crippen molar-refractivity contribution in [3.8, 4) is 11.4 Å². The highest BCUT2D eigenvalue weighted by Crippen LogP contribution is 2.32. The monoisotopic (exact) mass is 437 g/mol. The van der Waals surface area contributed by atoms with E-state index in [0.29, 0.717) is 40.4 Å². The summed E-state index contributed by atoms with van der Waals surface area (Å²) < 4.78 is 45.3. The van der Waals surface area contributed by atoms with Gasteiger partial charge in [-0.25, -0.2) is 4.98 Å². The second-order valence-corrected chi connectivity index (χ2v) is 7.14. The Labute approximate surface area is 174 Å². The molecule has 7 nitrogen and oxygen atoms in total. The van der Waals surface area contributed by atoms with Crippen molar-refractivity contribution in [2.75, 3.05) is 13.7 Å². The number of methoxy groups -OCH3 is 1. The maximum atomic E-state index is 12.8. The SMILES string of the molecule is COc1cccc(-n2c(CCNC(C)=O)nnc2Sc2ccc(C(F)(F)F)cn2)c1. The Balaban J connectivity index is 1.93. The van der Waals surface area contributed by atoms with Gasteiger partial charge in [-0.2, -0.15) is 13.2 Å². The molecule has 30 heavy (non-hydrogen) atoms. The second kappa shape index (κ2) is 9.16. The summed E-state index contributed by atoms with van der Waals surface area (Å²) in [4.78, 5) is 15.0. The van der Waals surface area contributed by atoms with Crippen molar-refractivity contribution >= 4 is 17.7 Å². The van der Waals surface area contributed by atoms with Crippen LogP contribution in [0.4, 0.5) is 13.2 Å². The van der Waals surface area contributed by atoms with Crippen molar-refractivity contribution in [2.45, 2.75) is 29.7 Å². The molecule has 3 rings (SSSR count). The average Bonchev–Trinajstić information content (AvgIpc) is 3.10. The number of ether oxygens (including phenoxy) is 1. The fourth-order valence-corrected chi connectivity index (χ4v) is 3.40. The fourth-order valence-electron chi connectivity index (χ4n) is 2.59. The fraction of sp³-hybridized carbons (Fsp3) is 0.263. The van der Waals surface area contributed by atoms with Gasteiger partial charge in [0.25, 0.3) is 0 Å². The van der Waals surface area contributed by atoms with Crippen molar-refractivity contribution < 1.29 is 22.7 Å². The smallest absolute Gasteiger partial charge is 0.417 e. The Kier molecular flexibility index (Phi) is 6.60. The molecule has 11 heteroatoms. The first-order valence-corrected chi connectivity index (χ1v) is 9.64. The summed E-state index contributed by atoms with van der Waals surface area (Å²) in [7, 11) is 1.55. The minimum Gasteiger partial charge on any atom is -0.497 e. The van der Waals surface area contributed by atoms with E-state index in [4.69, 9.17) is 4.74 Å². The predicted octanol–water partition coefficient (Wildman–Crippen LogP) is 3.52. The van der Waals surface area contributed by atoms with E-state index in [9.17, 15) is 18.0 Å². The van der Waals surface area contributed by atoms with Crippen LogP contribution in [0.25, 0.3) is 5.69 Å². The van der Waals surface area contributed by atoms with Crippen LogP contribution >= 0.6 is 11.8 Å². The molecule has 0 atom stereocenters. The van der Waals surface area contributed by atoms with Gasteiger partial charge in [0.1, 0.15) is 16.6 Å². The normalized spacial score (nSPS) is 11.4. The summed E-state index contributed by atoms with van der Waals surface area (Å²) in [5.74, 6) is 1.04. The maximum absolute atomic E-state index is 12.8. The van der Waals surface area contributed by atoms with Crippen LogP contribution in [0.2, 0.25) is 0 Å². The number of pyridine rings is 1. The van der Waals surface area contributed by atoms with Crippen LogP contribution in [0.5, 0.6) is 5.75 Å². The molecule has 0 saturated carbocycles. The van der Waals surface area contributed by atoms with Gasteiger partial charge in [0, 0.05) is 32.2 Å². The molecule has 3 aromatic rings. The third-order valence-corrected chi connectivity index (χ3v) is 4.89. The Morgan fingerprint density at radius 1 is 1.23 bits per heavy atom. The zero-order valence-corrected chi connectivity index (χ0v) is 16.9. The lowest BCUT2D eigenvalue weighted by Crippen LogP contribution is -2.23. The number of nitrogens with one attached hydrogen (secondary N) is 1. The first kappa shape index (κ1) is 21.6. The highest BCUT2D eigenvalue weighted by atomic mass is 32.2. The lowest BCUT2D eigenvalue weighted by molar-refractivity contribution is -0.137. The molecule has 158 valence electrons. The number of nitrogens with zero attached hydrogens (tertiary/aromatic N) is 4. The van der Waals surface area contributed by atoms with E-state index in [2.05, 4.69) is 20.5 Å². The van der Waals surface area contributed by atoms with Gasteiger partial charge in [-0.1, -0.05) is 6.07 Å². The van der Waals surface area contributed by atoms with Crippen LogP contribution in [-0.4, -0.2) is 39.3 Å². The average molecular weight is 437 g/mol. The molecule has 0 radical (unpaired) electrons. The lowest BCUT2D eigenvalue weighted by Gasteiger charge is -2.12. The number of hydrogen-bond acceptors (Lipinski definition) is 6. The van der Waals surface area contributed by atoms with E-state index in [1.54, 1.807) is 29.9 Å².